The molecule has 0 saturated carbocycles. The first kappa shape index (κ1) is 42.3. The second-order valence-electron chi connectivity index (χ2n) is 10.8. The van der Waals surface area contributed by atoms with Crippen LogP contribution in [0.2, 0.25) is 0 Å². The van der Waals surface area contributed by atoms with Gasteiger partial charge in [0.2, 0.25) is 0 Å². The summed E-state index contributed by atoms with van der Waals surface area (Å²) in [6.07, 6.45) is 6.98. The van der Waals surface area contributed by atoms with E-state index in [0.717, 1.165) is 11.1 Å². The molecule has 0 spiro atoms. The van der Waals surface area contributed by atoms with Crippen LogP contribution in [0.3, 0.4) is 0 Å². The Morgan fingerprint density at radius 2 is 0.929 bits per heavy atom. The SMILES string of the molecule is COc1cc([N+](=O)[O-])ccc1-c1cnco1.COc1cc([N+](=O)[O-])ccc1C=O.Cc1cc([N+](=O)[O-])ccc1-c1cnco1.Cc1cc([N+](=O)[O-])ccc1C=O. The second kappa shape index (κ2) is 20.2. The molecule has 4 aromatic carbocycles. The number of nitrogens with zero attached hydrogens (tertiary/aromatic N) is 6. The van der Waals surface area contributed by atoms with Gasteiger partial charge in [-0.2, -0.15) is 0 Å². The number of methoxy groups -OCH3 is 2. The maximum absolute atomic E-state index is 10.6. The van der Waals surface area contributed by atoms with Gasteiger partial charge in [-0.05, 0) is 49.2 Å². The van der Waals surface area contributed by atoms with Gasteiger partial charge in [-0.25, -0.2) is 9.97 Å². The molecule has 288 valence electrons. The van der Waals surface area contributed by atoms with Crippen LogP contribution in [0.5, 0.6) is 11.5 Å². The van der Waals surface area contributed by atoms with E-state index >= 15 is 0 Å². The number of benzene rings is 4. The maximum Gasteiger partial charge on any atom is 0.273 e. The maximum atomic E-state index is 10.6. The van der Waals surface area contributed by atoms with Crippen LogP contribution in [-0.2, 0) is 0 Å². The van der Waals surface area contributed by atoms with Crippen molar-refractivity contribution in [2.45, 2.75) is 13.8 Å². The van der Waals surface area contributed by atoms with Crippen molar-refractivity contribution in [3.8, 4) is 34.1 Å². The van der Waals surface area contributed by atoms with Gasteiger partial charge in [-0.3, -0.25) is 50.0 Å². The summed E-state index contributed by atoms with van der Waals surface area (Å²) in [5, 5.41) is 41.7. The van der Waals surface area contributed by atoms with E-state index in [4.69, 9.17) is 18.3 Å². The second-order valence-corrected chi connectivity index (χ2v) is 10.8. The number of non-ortho nitro benzene ring substituents is 4. The molecule has 6 rings (SSSR count). The summed E-state index contributed by atoms with van der Waals surface area (Å²) in [6.45, 7) is 3.46. The topological polar surface area (TPSA) is 277 Å². The van der Waals surface area contributed by atoms with Crippen molar-refractivity contribution in [3.63, 3.8) is 0 Å². The Morgan fingerprint density at radius 3 is 1.32 bits per heavy atom. The van der Waals surface area contributed by atoms with Gasteiger partial charge >= 0.3 is 0 Å². The molecule has 0 amide bonds. The van der Waals surface area contributed by atoms with Gasteiger partial charge in [-0.1, -0.05) is 0 Å². The van der Waals surface area contributed by atoms with Crippen molar-refractivity contribution in [1.29, 1.82) is 0 Å². The Bertz CT molecular complexity index is 2330. The fourth-order valence-electron chi connectivity index (χ4n) is 4.55. The number of nitro benzene ring substituents is 4. The van der Waals surface area contributed by atoms with Crippen LogP contribution in [-0.4, -0.2) is 56.5 Å². The van der Waals surface area contributed by atoms with Crippen LogP contribution in [0.15, 0.2) is 107 Å². The first-order valence-corrected chi connectivity index (χ1v) is 15.6. The molecule has 0 N–H and O–H groups in total. The molecule has 6 aromatic rings. The third-order valence-electron chi connectivity index (χ3n) is 7.36. The van der Waals surface area contributed by atoms with Crippen LogP contribution >= 0.6 is 0 Å². The fourth-order valence-corrected chi connectivity index (χ4v) is 4.55. The molecule has 0 radical (unpaired) electrons. The third kappa shape index (κ3) is 11.4. The molecular weight excluding hydrogens is 740 g/mol. The summed E-state index contributed by atoms with van der Waals surface area (Å²) in [5.74, 6) is 1.71. The number of carbonyl (C=O) groups excluding carboxylic acids is 2. The number of aryl methyl sites for hydroxylation is 2. The van der Waals surface area contributed by atoms with E-state index in [1.165, 1.54) is 93.9 Å². The van der Waals surface area contributed by atoms with Crippen LogP contribution < -0.4 is 9.47 Å². The molecule has 0 atom stereocenters. The summed E-state index contributed by atoms with van der Waals surface area (Å²) >= 11 is 0. The zero-order valence-corrected chi connectivity index (χ0v) is 29.8. The van der Waals surface area contributed by atoms with Gasteiger partial charge in [0.25, 0.3) is 22.7 Å². The number of carbonyl (C=O) groups is 2. The molecule has 0 bridgehead atoms. The number of oxazole rings is 2. The lowest BCUT2D eigenvalue weighted by Gasteiger charge is -2.04. The lowest BCUT2D eigenvalue weighted by atomic mass is 10.1. The van der Waals surface area contributed by atoms with E-state index in [1.807, 2.05) is 0 Å². The summed E-state index contributed by atoms with van der Waals surface area (Å²) < 4.78 is 20.1. The zero-order valence-electron chi connectivity index (χ0n) is 29.8. The van der Waals surface area contributed by atoms with E-state index in [-0.39, 0.29) is 28.5 Å². The van der Waals surface area contributed by atoms with Crippen molar-refractivity contribution >= 4 is 35.3 Å². The standard InChI is InChI=1S/C10H8N2O4.C10H8N2O3.C8H7NO4.C8H7NO3/c1-15-9-4-7(12(13)14)2-3-8(9)10-5-11-6-16-10;1-7-4-8(12(13)14)2-3-9(7)10-5-11-6-15-10;1-13-8-4-7(9(11)12)3-2-6(8)5-10;1-6-4-8(9(11)12)3-2-7(6)5-10/h2-6H,1H3;2-6H,1H3;2-5H,1H3;2-5H,1H3. The highest BCUT2D eigenvalue weighted by Gasteiger charge is 2.15. The number of aromatic nitrogens is 2. The number of nitro groups is 4. The number of hydrogen-bond acceptors (Lipinski definition) is 16. The minimum absolute atomic E-state index is 0.0121. The van der Waals surface area contributed by atoms with Crippen molar-refractivity contribution in [2.24, 2.45) is 0 Å². The number of hydrogen-bond donors (Lipinski definition) is 0. The van der Waals surface area contributed by atoms with Gasteiger partial charge in [0.1, 0.15) is 17.8 Å². The van der Waals surface area contributed by atoms with Crippen LogP contribution in [0.4, 0.5) is 22.7 Å². The summed E-state index contributed by atoms with van der Waals surface area (Å²) in [7, 11) is 2.80. The minimum Gasteiger partial charge on any atom is -0.496 e. The van der Waals surface area contributed by atoms with Crippen molar-refractivity contribution in [3.05, 3.63) is 161 Å². The smallest absolute Gasteiger partial charge is 0.273 e. The van der Waals surface area contributed by atoms with Crippen LogP contribution in [0.1, 0.15) is 31.8 Å². The van der Waals surface area contributed by atoms with Gasteiger partial charge in [0, 0.05) is 47.5 Å². The summed E-state index contributed by atoms with van der Waals surface area (Å²) in [6, 6.07) is 16.9. The Balaban J connectivity index is 0.000000202. The lowest BCUT2D eigenvalue weighted by molar-refractivity contribution is -0.385. The van der Waals surface area contributed by atoms with Gasteiger partial charge in [0.05, 0.1) is 69.6 Å². The van der Waals surface area contributed by atoms with E-state index in [9.17, 15) is 50.0 Å². The molecule has 0 saturated heterocycles. The van der Waals surface area contributed by atoms with E-state index in [0.29, 0.717) is 52.1 Å². The van der Waals surface area contributed by atoms with Crippen LogP contribution in [0.25, 0.3) is 22.6 Å². The minimum atomic E-state index is -0.545. The third-order valence-corrected chi connectivity index (χ3v) is 7.36. The van der Waals surface area contributed by atoms with Gasteiger partial charge in [0.15, 0.2) is 30.6 Å². The van der Waals surface area contributed by atoms with Crippen LogP contribution in [0, 0.1) is 54.3 Å². The average Bonchev–Trinajstić information content (AvgIpc) is 3.94. The monoisotopic (exact) mass is 770 g/mol. The molecule has 0 aliphatic rings. The predicted octanol–water partition coefficient (Wildman–Crippen LogP) is 7.95. The highest BCUT2D eigenvalue weighted by Crippen LogP contribution is 2.33. The molecule has 20 heteroatoms. The molecule has 0 unspecified atom stereocenters. The molecule has 56 heavy (non-hydrogen) atoms. The fraction of sp³-hybridized carbons (Fsp3) is 0.111. The summed E-state index contributed by atoms with van der Waals surface area (Å²) in [5.41, 5.74) is 3.62. The zero-order chi connectivity index (χ0) is 41.4. The molecule has 0 aliphatic carbocycles. The van der Waals surface area contributed by atoms with Gasteiger partial charge < -0.3 is 18.3 Å². The van der Waals surface area contributed by atoms with E-state index < -0.39 is 19.7 Å². The molecule has 0 aliphatic heterocycles. The first-order chi connectivity index (χ1) is 26.7. The van der Waals surface area contributed by atoms with Crippen molar-refractivity contribution < 1.29 is 47.6 Å². The average molecular weight is 771 g/mol. The molecule has 0 fully saturated rings. The molecular formula is C36H30N6O14. The largest absolute Gasteiger partial charge is 0.496 e. The van der Waals surface area contributed by atoms with E-state index in [2.05, 4.69) is 9.97 Å². The summed E-state index contributed by atoms with van der Waals surface area (Å²) in [4.78, 5) is 68.1. The lowest BCUT2D eigenvalue weighted by Crippen LogP contribution is -1.93. The number of aldehydes is 2. The molecule has 2 aromatic heterocycles. The highest BCUT2D eigenvalue weighted by atomic mass is 16.6. The Kier molecular flexibility index (Phi) is 15.2. The number of rotatable bonds is 10. The first-order valence-electron chi connectivity index (χ1n) is 15.6. The van der Waals surface area contributed by atoms with Gasteiger partial charge in [-0.15, -0.1) is 0 Å². The Labute approximate surface area is 315 Å². The van der Waals surface area contributed by atoms with Crippen molar-refractivity contribution in [1.82, 2.24) is 9.97 Å². The van der Waals surface area contributed by atoms with E-state index in [1.54, 1.807) is 32.2 Å². The Morgan fingerprint density at radius 1 is 0.536 bits per heavy atom. The molecule has 2 heterocycles. The quantitative estimate of drug-likeness (QED) is 0.0725. The number of ether oxygens (including phenoxy) is 2. The Hall–Kier alpha value is -8.16. The molecule has 20 nitrogen and oxygen atoms in total. The normalized spacial score (nSPS) is 9.79. The predicted molar refractivity (Wildman–Crippen MR) is 197 cm³/mol. The highest BCUT2D eigenvalue weighted by molar-refractivity contribution is 5.80. The van der Waals surface area contributed by atoms with Crippen molar-refractivity contribution in [2.75, 3.05) is 14.2 Å².